The van der Waals surface area contributed by atoms with Gasteiger partial charge in [-0.15, -0.1) is 24.0 Å². The maximum Gasteiger partial charge on any atom is 0.191 e. The molecule has 3 aliphatic rings. The average Bonchev–Trinajstić information content (AvgIpc) is 3.30. The first kappa shape index (κ1) is 17.3. The first-order chi connectivity index (χ1) is 9.72. The first-order valence-electron chi connectivity index (χ1n) is 8.13. The van der Waals surface area contributed by atoms with E-state index in [9.17, 15) is 0 Å². The number of morpholine rings is 1. The van der Waals surface area contributed by atoms with E-state index in [4.69, 9.17) is 10.5 Å². The minimum absolute atomic E-state index is 0. The van der Waals surface area contributed by atoms with E-state index in [-0.39, 0.29) is 30.1 Å². The van der Waals surface area contributed by atoms with Crippen LogP contribution in [0.4, 0.5) is 0 Å². The fourth-order valence-electron chi connectivity index (χ4n) is 3.16. The van der Waals surface area contributed by atoms with Gasteiger partial charge >= 0.3 is 0 Å². The molecule has 2 saturated heterocycles. The Kier molecular flexibility index (Phi) is 6.55. The summed E-state index contributed by atoms with van der Waals surface area (Å²) in [6.45, 7) is 8.08. The topological polar surface area (TPSA) is 54.1 Å². The maximum atomic E-state index is 6.12. The summed E-state index contributed by atoms with van der Waals surface area (Å²) in [7, 11) is 0. The van der Waals surface area contributed by atoms with Crippen LogP contribution in [0.5, 0.6) is 0 Å². The standard InChI is InChI=1S/C15H28N4O.HI/c1-12-4-6-18(7-5-12)15(16)17-10-14-11-19(8-9-20-14)13-2-3-13;/h12-14H,2-11H2,1H3,(H2,16,17);1H. The lowest BCUT2D eigenvalue weighted by atomic mass is 10.00. The van der Waals surface area contributed by atoms with Gasteiger partial charge in [0.05, 0.1) is 19.3 Å². The van der Waals surface area contributed by atoms with Crippen molar-refractivity contribution in [2.75, 3.05) is 39.3 Å². The van der Waals surface area contributed by atoms with Crippen LogP contribution in [0.3, 0.4) is 0 Å². The zero-order valence-corrected chi connectivity index (χ0v) is 15.4. The molecule has 2 aliphatic heterocycles. The van der Waals surface area contributed by atoms with Crippen LogP contribution < -0.4 is 5.73 Å². The zero-order chi connectivity index (χ0) is 13.9. The largest absolute Gasteiger partial charge is 0.374 e. The van der Waals surface area contributed by atoms with Crippen LogP contribution in [0.25, 0.3) is 0 Å². The number of guanidine groups is 1. The Hall–Kier alpha value is -0.0800. The van der Waals surface area contributed by atoms with Crippen LogP contribution in [0, 0.1) is 5.92 Å². The van der Waals surface area contributed by atoms with Crippen molar-refractivity contribution < 1.29 is 4.74 Å². The normalized spacial score (nSPS) is 29.3. The summed E-state index contributed by atoms with van der Waals surface area (Å²) in [5.74, 6) is 1.54. The van der Waals surface area contributed by atoms with Crippen LogP contribution >= 0.6 is 24.0 Å². The number of nitrogens with two attached hydrogens (primary N) is 1. The molecule has 3 fully saturated rings. The molecule has 21 heavy (non-hydrogen) atoms. The third-order valence-electron chi connectivity index (χ3n) is 4.80. The second-order valence-electron chi connectivity index (χ2n) is 6.59. The van der Waals surface area contributed by atoms with Gasteiger partial charge in [-0.05, 0) is 31.6 Å². The molecule has 2 heterocycles. The highest BCUT2D eigenvalue weighted by molar-refractivity contribution is 14.0. The van der Waals surface area contributed by atoms with E-state index in [1.165, 1.54) is 25.7 Å². The first-order valence-corrected chi connectivity index (χ1v) is 8.13. The highest BCUT2D eigenvalue weighted by Gasteiger charge is 2.32. The molecule has 122 valence electrons. The van der Waals surface area contributed by atoms with Gasteiger partial charge in [-0.2, -0.15) is 0 Å². The molecule has 0 radical (unpaired) electrons. The van der Waals surface area contributed by atoms with Crippen LogP contribution in [0.1, 0.15) is 32.6 Å². The van der Waals surface area contributed by atoms with Gasteiger partial charge in [0, 0.05) is 32.2 Å². The minimum atomic E-state index is 0. The van der Waals surface area contributed by atoms with Crippen molar-refractivity contribution in [3.63, 3.8) is 0 Å². The summed E-state index contributed by atoms with van der Waals surface area (Å²) in [6, 6.07) is 0.825. The van der Waals surface area contributed by atoms with Gasteiger partial charge in [-0.1, -0.05) is 6.92 Å². The molecule has 0 bridgehead atoms. The number of piperidine rings is 1. The van der Waals surface area contributed by atoms with E-state index in [0.29, 0.717) is 12.5 Å². The number of ether oxygens (including phenoxy) is 1. The molecular weight excluding hydrogens is 379 g/mol. The molecule has 3 rings (SSSR count). The third kappa shape index (κ3) is 4.96. The summed E-state index contributed by atoms with van der Waals surface area (Å²) >= 11 is 0. The number of rotatable bonds is 3. The summed E-state index contributed by atoms with van der Waals surface area (Å²) in [5.41, 5.74) is 6.12. The third-order valence-corrected chi connectivity index (χ3v) is 4.80. The number of halogens is 1. The molecule has 1 unspecified atom stereocenters. The molecule has 5 nitrogen and oxygen atoms in total. The Balaban J connectivity index is 0.00000161. The Morgan fingerprint density at radius 2 is 1.90 bits per heavy atom. The van der Waals surface area contributed by atoms with Crippen LogP contribution in [0.15, 0.2) is 4.99 Å². The number of nitrogens with zero attached hydrogens (tertiary/aromatic N) is 3. The molecule has 1 atom stereocenters. The number of aliphatic imine (C=N–C) groups is 1. The quantitative estimate of drug-likeness (QED) is 0.437. The van der Waals surface area contributed by atoms with Crippen LogP contribution in [0.2, 0.25) is 0 Å². The summed E-state index contributed by atoms with van der Waals surface area (Å²) in [5, 5.41) is 0. The lowest BCUT2D eigenvalue weighted by molar-refractivity contribution is -0.0260. The van der Waals surface area contributed by atoms with Crippen molar-refractivity contribution in [1.82, 2.24) is 9.80 Å². The number of hydrogen-bond donors (Lipinski definition) is 1. The maximum absolute atomic E-state index is 6.12. The highest BCUT2D eigenvalue weighted by atomic mass is 127. The molecule has 1 aliphatic carbocycles. The highest BCUT2D eigenvalue weighted by Crippen LogP contribution is 2.28. The van der Waals surface area contributed by atoms with Crippen molar-refractivity contribution in [3.8, 4) is 0 Å². The Morgan fingerprint density at radius 3 is 2.57 bits per heavy atom. The molecular formula is C15H29IN4O. The second-order valence-corrected chi connectivity index (χ2v) is 6.59. The van der Waals surface area contributed by atoms with Crippen molar-refractivity contribution in [3.05, 3.63) is 0 Å². The van der Waals surface area contributed by atoms with Crippen LogP contribution in [-0.4, -0.2) is 67.2 Å². The van der Waals surface area contributed by atoms with Crippen LogP contribution in [-0.2, 0) is 4.74 Å². The lowest BCUT2D eigenvalue weighted by Gasteiger charge is -2.33. The number of hydrogen-bond acceptors (Lipinski definition) is 3. The Labute approximate surface area is 145 Å². The van der Waals surface area contributed by atoms with Gasteiger partial charge in [0.15, 0.2) is 5.96 Å². The minimum Gasteiger partial charge on any atom is -0.374 e. The molecule has 0 aromatic rings. The number of likely N-dealkylation sites (tertiary alicyclic amines) is 1. The van der Waals surface area contributed by atoms with Gasteiger partial charge in [0.1, 0.15) is 0 Å². The van der Waals surface area contributed by atoms with Crippen molar-refractivity contribution in [2.24, 2.45) is 16.6 Å². The van der Waals surface area contributed by atoms with E-state index in [2.05, 4.69) is 21.7 Å². The van der Waals surface area contributed by atoms with E-state index in [1.54, 1.807) is 0 Å². The van der Waals surface area contributed by atoms with E-state index in [1.807, 2.05) is 0 Å². The van der Waals surface area contributed by atoms with Gasteiger partial charge < -0.3 is 15.4 Å². The summed E-state index contributed by atoms with van der Waals surface area (Å²) in [6.07, 6.45) is 5.41. The van der Waals surface area contributed by atoms with E-state index >= 15 is 0 Å². The van der Waals surface area contributed by atoms with Crippen molar-refractivity contribution in [2.45, 2.75) is 44.8 Å². The van der Waals surface area contributed by atoms with Crippen molar-refractivity contribution >= 4 is 29.9 Å². The van der Waals surface area contributed by atoms with Gasteiger partial charge in [-0.25, -0.2) is 0 Å². The van der Waals surface area contributed by atoms with Gasteiger partial charge in [0.2, 0.25) is 0 Å². The lowest BCUT2D eigenvalue weighted by Crippen LogP contribution is -2.46. The Morgan fingerprint density at radius 1 is 1.19 bits per heavy atom. The van der Waals surface area contributed by atoms with E-state index in [0.717, 1.165) is 44.7 Å². The molecule has 6 heteroatoms. The Bertz CT molecular complexity index is 354. The SMILES string of the molecule is CC1CCN(C(N)=NCC2CN(C3CC3)CCO2)CC1.I. The average molecular weight is 408 g/mol. The molecule has 0 aromatic carbocycles. The van der Waals surface area contributed by atoms with Crippen molar-refractivity contribution in [1.29, 1.82) is 0 Å². The summed E-state index contributed by atoms with van der Waals surface area (Å²) < 4.78 is 5.82. The smallest absolute Gasteiger partial charge is 0.191 e. The van der Waals surface area contributed by atoms with Gasteiger partial charge in [0.25, 0.3) is 0 Å². The predicted molar refractivity (Wildman–Crippen MR) is 96.2 cm³/mol. The molecule has 0 spiro atoms. The summed E-state index contributed by atoms with van der Waals surface area (Å²) in [4.78, 5) is 9.36. The fraction of sp³-hybridized carbons (Fsp3) is 0.933. The zero-order valence-electron chi connectivity index (χ0n) is 13.0. The molecule has 2 N–H and O–H groups in total. The monoisotopic (exact) mass is 408 g/mol. The second kappa shape index (κ2) is 7.97. The molecule has 1 saturated carbocycles. The fourth-order valence-corrected chi connectivity index (χ4v) is 3.16. The van der Waals surface area contributed by atoms with E-state index < -0.39 is 0 Å². The predicted octanol–water partition coefficient (Wildman–Crippen LogP) is 1.51. The van der Waals surface area contributed by atoms with Gasteiger partial charge in [-0.3, -0.25) is 9.89 Å². The molecule has 0 aromatic heterocycles. The molecule has 0 amide bonds.